The van der Waals surface area contributed by atoms with Crippen LogP contribution in [-0.4, -0.2) is 48.7 Å². The Morgan fingerprint density at radius 1 is 1.36 bits per heavy atom. The average Bonchev–Trinajstić information content (AvgIpc) is 2.51. The summed E-state index contributed by atoms with van der Waals surface area (Å²) in [5.41, 5.74) is 1.22. The van der Waals surface area contributed by atoms with Gasteiger partial charge in [-0.05, 0) is 38.5 Å². The molecule has 134 valence electrons. The van der Waals surface area contributed by atoms with Gasteiger partial charge < -0.3 is 20.3 Å². The molecule has 0 spiro atoms. The number of hydrogen-bond donors (Lipinski definition) is 2. The van der Waals surface area contributed by atoms with E-state index in [-0.39, 0.29) is 12.1 Å². The van der Waals surface area contributed by atoms with E-state index in [0.717, 1.165) is 5.56 Å². The largest absolute Gasteiger partial charge is 0.444 e. The fourth-order valence-electron chi connectivity index (χ4n) is 2.32. The van der Waals surface area contributed by atoms with Gasteiger partial charge in [-0.15, -0.1) is 0 Å². The van der Waals surface area contributed by atoms with Gasteiger partial charge in [0.1, 0.15) is 5.60 Å². The number of nitriles is 1. The minimum atomic E-state index is -0.478. The van der Waals surface area contributed by atoms with Crippen molar-refractivity contribution in [1.82, 2.24) is 15.5 Å². The summed E-state index contributed by atoms with van der Waals surface area (Å²) >= 11 is 0. The summed E-state index contributed by atoms with van der Waals surface area (Å²) in [7, 11) is 1.71. The highest BCUT2D eigenvalue weighted by Gasteiger charge is 2.34. The first kappa shape index (κ1) is 18.6. The van der Waals surface area contributed by atoms with Gasteiger partial charge in [0.2, 0.25) is 0 Å². The number of guanidine groups is 1. The summed E-state index contributed by atoms with van der Waals surface area (Å²) in [5.74, 6) is 0.679. The number of carbonyl (C=O) groups excluding carboxylic acids is 1. The molecular weight excluding hydrogens is 318 g/mol. The van der Waals surface area contributed by atoms with E-state index in [1.54, 1.807) is 24.1 Å². The van der Waals surface area contributed by atoms with Gasteiger partial charge in [-0.3, -0.25) is 4.99 Å². The molecule has 7 heteroatoms. The topological polar surface area (TPSA) is 89.8 Å². The van der Waals surface area contributed by atoms with E-state index in [1.165, 1.54) is 0 Å². The van der Waals surface area contributed by atoms with Crippen LogP contribution in [0, 0.1) is 11.3 Å². The van der Waals surface area contributed by atoms with E-state index in [2.05, 4.69) is 21.7 Å². The number of hydrogen-bond acceptors (Lipinski definition) is 4. The van der Waals surface area contributed by atoms with Crippen molar-refractivity contribution in [1.29, 1.82) is 5.26 Å². The maximum atomic E-state index is 11.9. The fourth-order valence-corrected chi connectivity index (χ4v) is 2.32. The molecule has 1 heterocycles. The molecule has 0 atom stereocenters. The Labute approximate surface area is 148 Å². The van der Waals surface area contributed by atoms with Crippen LogP contribution in [0.5, 0.6) is 0 Å². The Bertz CT molecular complexity index is 664. The Kier molecular flexibility index (Phi) is 5.86. The molecule has 0 bridgehead atoms. The standard InChI is InChI=1S/C18H25N5O2/c1-18(2,3)25-17(24)23-11-15(12-23)22-16(20-4)21-10-14-7-5-13(9-19)6-8-14/h5-8,15H,10-12H2,1-4H3,(H2,20,21,22). The number of aliphatic imine (C=N–C) groups is 1. The summed E-state index contributed by atoms with van der Waals surface area (Å²) in [5, 5.41) is 15.3. The van der Waals surface area contributed by atoms with E-state index in [1.807, 2.05) is 32.9 Å². The highest BCUT2D eigenvalue weighted by molar-refractivity contribution is 5.80. The lowest BCUT2D eigenvalue weighted by atomic mass is 10.1. The highest BCUT2D eigenvalue weighted by Crippen LogP contribution is 2.15. The van der Waals surface area contributed by atoms with Crippen LogP contribution < -0.4 is 10.6 Å². The van der Waals surface area contributed by atoms with Crippen LogP contribution in [0.2, 0.25) is 0 Å². The highest BCUT2D eigenvalue weighted by atomic mass is 16.6. The summed E-state index contributed by atoms with van der Waals surface area (Å²) in [6, 6.07) is 9.65. The SMILES string of the molecule is CN=C(NCc1ccc(C#N)cc1)NC1CN(C(=O)OC(C)(C)C)C1. The molecule has 1 aromatic carbocycles. The van der Waals surface area contributed by atoms with Crippen molar-refractivity contribution >= 4 is 12.1 Å². The number of ether oxygens (including phenoxy) is 1. The number of benzene rings is 1. The number of amides is 1. The van der Waals surface area contributed by atoms with Crippen molar-refractivity contribution in [3.05, 3.63) is 35.4 Å². The van der Waals surface area contributed by atoms with Crippen LogP contribution in [0.25, 0.3) is 0 Å². The van der Waals surface area contributed by atoms with E-state index in [0.29, 0.717) is 31.2 Å². The van der Waals surface area contributed by atoms with Crippen LogP contribution >= 0.6 is 0 Å². The molecule has 1 aliphatic heterocycles. The van der Waals surface area contributed by atoms with Crippen molar-refractivity contribution in [3.8, 4) is 6.07 Å². The summed E-state index contributed by atoms with van der Waals surface area (Å²) < 4.78 is 5.34. The zero-order chi connectivity index (χ0) is 18.4. The lowest BCUT2D eigenvalue weighted by Crippen LogP contribution is -2.63. The van der Waals surface area contributed by atoms with E-state index in [4.69, 9.17) is 10.00 Å². The second-order valence-corrected chi connectivity index (χ2v) is 6.96. The molecule has 2 rings (SSSR count). The van der Waals surface area contributed by atoms with Crippen molar-refractivity contribution < 1.29 is 9.53 Å². The van der Waals surface area contributed by atoms with Crippen LogP contribution in [-0.2, 0) is 11.3 Å². The predicted octanol–water partition coefficient (Wildman–Crippen LogP) is 1.84. The lowest BCUT2D eigenvalue weighted by molar-refractivity contribution is 0.00701. The van der Waals surface area contributed by atoms with Crippen LogP contribution in [0.15, 0.2) is 29.3 Å². The first-order valence-corrected chi connectivity index (χ1v) is 8.25. The zero-order valence-electron chi connectivity index (χ0n) is 15.2. The summed E-state index contributed by atoms with van der Waals surface area (Å²) in [6.45, 7) is 7.35. The second kappa shape index (κ2) is 7.88. The Morgan fingerprint density at radius 2 is 2.00 bits per heavy atom. The van der Waals surface area contributed by atoms with Crippen molar-refractivity contribution in [2.75, 3.05) is 20.1 Å². The number of nitrogens with one attached hydrogen (secondary N) is 2. The van der Waals surface area contributed by atoms with E-state index in [9.17, 15) is 4.79 Å². The Hall–Kier alpha value is -2.75. The van der Waals surface area contributed by atoms with E-state index >= 15 is 0 Å². The average molecular weight is 343 g/mol. The Morgan fingerprint density at radius 3 is 2.52 bits per heavy atom. The van der Waals surface area contributed by atoms with Crippen LogP contribution in [0.1, 0.15) is 31.9 Å². The second-order valence-electron chi connectivity index (χ2n) is 6.96. The van der Waals surface area contributed by atoms with Crippen LogP contribution in [0.3, 0.4) is 0 Å². The van der Waals surface area contributed by atoms with Gasteiger partial charge in [-0.1, -0.05) is 12.1 Å². The first-order chi connectivity index (χ1) is 11.8. The third-order valence-corrected chi connectivity index (χ3v) is 3.64. The van der Waals surface area contributed by atoms with Gasteiger partial charge in [0.25, 0.3) is 0 Å². The molecule has 0 aromatic heterocycles. The molecule has 25 heavy (non-hydrogen) atoms. The fraction of sp³-hybridized carbons (Fsp3) is 0.500. The van der Waals surface area contributed by atoms with Gasteiger partial charge in [0.15, 0.2) is 5.96 Å². The third-order valence-electron chi connectivity index (χ3n) is 3.64. The van der Waals surface area contributed by atoms with E-state index < -0.39 is 5.60 Å². The number of rotatable bonds is 3. The molecule has 1 aromatic rings. The van der Waals surface area contributed by atoms with Gasteiger partial charge in [-0.2, -0.15) is 5.26 Å². The summed E-state index contributed by atoms with van der Waals surface area (Å²) in [6.07, 6.45) is -0.286. The zero-order valence-corrected chi connectivity index (χ0v) is 15.2. The minimum Gasteiger partial charge on any atom is -0.444 e. The number of likely N-dealkylation sites (tertiary alicyclic amines) is 1. The van der Waals surface area contributed by atoms with Crippen molar-refractivity contribution in [2.45, 2.75) is 39.0 Å². The lowest BCUT2D eigenvalue weighted by Gasteiger charge is -2.40. The molecule has 1 saturated heterocycles. The van der Waals surface area contributed by atoms with Gasteiger partial charge in [0, 0.05) is 26.7 Å². The van der Waals surface area contributed by atoms with Crippen LogP contribution in [0.4, 0.5) is 4.79 Å². The molecule has 1 fully saturated rings. The smallest absolute Gasteiger partial charge is 0.410 e. The van der Waals surface area contributed by atoms with Gasteiger partial charge >= 0.3 is 6.09 Å². The predicted molar refractivity (Wildman–Crippen MR) is 96.1 cm³/mol. The molecule has 1 amide bonds. The monoisotopic (exact) mass is 343 g/mol. The van der Waals surface area contributed by atoms with Crippen molar-refractivity contribution in [2.24, 2.45) is 4.99 Å². The first-order valence-electron chi connectivity index (χ1n) is 8.25. The normalized spacial score (nSPS) is 15.2. The van der Waals surface area contributed by atoms with Crippen molar-refractivity contribution in [3.63, 3.8) is 0 Å². The maximum Gasteiger partial charge on any atom is 0.410 e. The minimum absolute atomic E-state index is 0.152. The Balaban J connectivity index is 1.74. The molecular formula is C18H25N5O2. The molecule has 0 unspecified atom stereocenters. The maximum absolute atomic E-state index is 11.9. The quantitative estimate of drug-likeness (QED) is 0.646. The molecule has 1 aliphatic rings. The molecule has 0 saturated carbocycles. The summed E-state index contributed by atoms with van der Waals surface area (Å²) in [4.78, 5) is 17.8. The number of nitrogens with zero attached hydrogens (tertiary/aromatic N) is 3. The van der Waals surface area contributed by atoms with Gasteiger partial charge in [-0.25, -0.2) is 4.79 Å². The molecule has 7 nitrogen and oxygen atoms in total. The number of carbonyl (C=O) groups is 1. The molecule has 0 radical (unpaired) electrons. The van der Waals surface area contributed by atoms with Gasteiger partial charge in [0.05, 0.1) is 17.7 Å². The molecule has 2 N–H and O–H groups in total. The third kappa shape index (κ3) is 5.68. The molecule has 0 aliphatic carbocycles.